The molecule has 0 heterocycles. The Hall–Kier alpha value is -2.69. The maximum Gasteiger partial charge on any atom is 0.221 e. The molecule has 0 radical (unpaired) electrons. The largest absolute Gasteiger partial charge is 0.493 e. The normalized spacial score (nSPS) is 9.95. The van der Waals surface area contributed by atoms with Crippen molar-refractivity contribution in [1.82, 2.24) is 0 Å². The van der Waals surface area contributed by atoms with E-state index in [1.807, 2.05) is 42.5 Å². The molecule has 0 unspecified atom stereocenters. The Bertz CT molecular complexity index is 639. The molecule has 0 aliphatic carbocycles. The Morgan fingerprint density at radius 1 is 1.00 bits per heavy atom. The molecular weight excluding hydrogens is 280 g/mol. The predicted octanol–water partition coefficient (Wildman–Crippen LogP) is 3.27. The molecule has 0 aliphatic heterocycles. The number of amides is 1. The van der Waals surface area contributed by atoms with Gasteiger partial charge in [0.15, 0.2) is 11.5 Å². The summed E-state index contributed by atoms with van der Waals surface area (Å²) in [5.41, 5.74) is 2.74. The van der Waals surface area contributed by atoms with Gasteiger partial charge in [0.25, 0.3) is 0 Å². The zero-order chi connectivity index (χ0) is 15.9. The summed E-state index contributed by atoms with van der Waals surface area (Å²) in [6.45, 7) is 2.10. The molecule has 0 fully saturated rings. The van der Waals surface area contributed by atoms with Gasteiger partial charge in [0.05, 0.1) is 14.2 Å². The van der Waals surface area contributed by atoms with Crippen LogP contribution in [0.15, 0.2) is 42.5 Å². The second-order valence-electron chi connectivity index (χ2n) is 4.76. The lowest BCUT2D eigenvalue weighted by Gasteiger charge is -2.14. The van der Waals surface area contributed by atoms with Crippen molar-refractivity contribution in [3.63, 3.8) is 0 Å². The Kier molecular flexibility index (Phi) is 5.25. The number of rotatable bonds is 6. The van der Waals surface area contributed by atoms with Crippen molar-refractivity contribution in [2.75, 3.05) is 24.9 Å². The highest BCUT2D eigenvalue weighted by atomic mass is 16.5. The Labute approximate surface area is 130 Å². The van der Waals surface area contributed by atoms with Crippen LogP contribution in [0.1, 0.15) is 12.5 Å². The van der Waals surface area contributed by atoms with Gasteiger partial charge < -0.3 is 20.1 Å². The highest BCUT2D eigenvalue weighted by Crippen LogP contribution is 2.31. The zero-order valence-electron chi connectivity index (χ0n) is 13.0. The first kappa shape index (κ1) is 15.7. The van der Waals surface area contributed by atoms with Gasteiger partial charge in [-0.25, -0.2) is 0 Å². The van der Waals surface area contributed by atoms with Gasteiger partial charge in [0.1, 0.15) is 0 Å². The van der Waals surface area contributed by atoms with E-state index in [9.17, 15) is 4.79 Å². The molecule has 2 aromatic carbocycles. The van der Waals surface area contributed by atoms with E-state index in [0.29, 0.717) is 12.3 Å². The quantitative estimate of drug-likeness (QED) is 0.859. The van der Waals surface area contributed by atoms with E-state index in [-0.39, 0.29) is 5.91 Å². The molecule has 0 spiro atoms. The fourth-order valence-electron chi connectivity index (χ4n) is 2.16. The Morgan fingerprint density at radius 3 is 2.27 bits per heavy atom. The lowest BCUT2D eigenvalue weighted by Crippen LogP contribution is -2.06. The van der Waals surface area contributed by atoms with E-state index in [4.69, 9.17) is 9.47 Å². The van der Waals surface area contributed by atoms with E-state index in [1.54, 1.807) is 14.2 Å². The molecule has 1 amide bonds. The van der Waals surface area contributed by atoms with Crippen LogP contribution >= 0.6 is 0 Å². The van der Waals surface area contributed by atoms with Gasteiger partial charge >= 0.3 is 0 Å². The van der Waals surface area contributed by atoms with Gasteiger partial charge in [-0.05, 0) is 30.3 Å². The lowest BCUT2D eigenvalue weighted by atomic mass is 10.1. The van der Waals surface area contributed by atoms with E-state index >= 15 is 0 Å². The van der Waals surface area contributed by atoms with Crippen LogP contribution in [0.3, 0.4) is 0 Å². The van der Waals surface area contributed by atoms with Crippen LogP contribution in [0, 0.1) is 0 Å². The third-order valence-corrected chi connectivity index (χ3v) is 3.17. The molecule has 0 saturated carbocycles. The molecule has 5 heteroatoms. The van der Waals surface area contributed by atoms with E-state index in [1.165, 1.54) is 6.92 Å². The molecular formula is C17H20N2O3. The van der Waals surface area contributed by atoms with Gasteiger partial charge in [-0.15, -0.1) is 0 Å². The average Bonchev–Trinajstić information content (AvgIpc) is 2.53. The molecule has 22 heavy (non-hydrogen) atoms. The third kappa shape index (κ3) is 3.91. The fraction of sp³-hybridized carbons (Fsp3) is 0.235. The summed E-state index contributed by atoms with van der Waals surface area (Å²) in [5.74, 6) is 1.36. The van der Waals surface area contributed by atoms with E-state index in [0.717, 1.165) is 22.7 Å². The molecule has 0 aliphatic rings. The second-order valence-corrected chi connectivity index (χ2v) is 4.76. The third-order valence-electron chi connectivity index (χ3n) is 3.17. The van der Waals surface area contributed by atoms with Gasteiger partial charge in [0.2, 0.25) is 5.91 Å². The first-order chi connectivity index (χ1) is 10.6. The van der Waals surface area contributed by atoms with E-state index < -0.39 is 0 Å². The van der Waals surface area contributed by atoms with Gasteiger partial charge in [0, 0.05) is 30.4 Å². The van der Waals surface area contributed by atoms with Crippen molar-refractivity contribution in [2.24, 2.45) is 0 Å². The molecule has 0 aromatic heterocycles. The smallest absolute Gasteiger partial charge is 0.221 e. The van der Waals surface area contributed by atoms with Crippen LogP contribution in [0.2, 0.25) is 0 Å². The molecule has 2 aromatic rings. The highest BCUT2D eigenvalue weighted by Gasteiger charge is 2.08. The van der Waals surface area contributed by atoms with Crippen molar-refractivity contribution in [1.29, 1.82) is 0 Å². The summed E-state index contributed by atoms with van der Waals surface area (Å²) in [6.07, 6.45) is 0. The monoisotopic (exact) mass is 300 g/mol. The average molecular weight is 300 g/mol. The van der Waals surface area contributed by atoms with Crippen molar-refractivity contribution >= 4 is 17.3 Å². The number of carbonyl (C=O) groups excluding carboxylic acids is 1. The number of anilines is 2. The van der Waals surface area contributed by atoms with Crippen molar-refractivity contribution in [3.8, 4) is 11.5 Å². The first-order valence-electron chi connectivity index (χ1n) is 6.95. The number of methoxy groups -OCH3 is 2. The SMILES string of the molecule is COc1cccc(CNc2ccc(NC(C)=O)cc2)c1OC. The van der Waals surface area contributed by atoms with Gasteiger partial charge in [-0.2, -0.15) is 0 Å². The number of hydrogen-bond acceptors (Lipinski definition) is 4. The van der Waals surface area contributed by atoms with Crippen LogP contribution in [0.25, 0.3) is 0 Å². The molecule has 0 bridgehead atoms. The van der Waals surface area contributed by atoms with Gasteiger partial charge in [-0.3, -0.25) is 4.79 Å². The van der Waals surface area contributed by atoms with Crippen molar-refractivity contribution in [3.05, 3.63) is 48.0 Å². The predicted molar refractivity (Wildman–Crippen MR) is 87.6 cm³/mol. The summed E-state index contributed by atoms with van der Waals surface area (Å²) in [7, 11) is 3.25. The Balaban J connectivity index is 2.05. The minimum Gasteiger partial charge on any atom is -0.493 e. The minimum atomic E-state index is -0.0816. The number of benzene rings is 2. The van der Waals surface area contributed by atoms with Gasteiger partial charge in [-0.1, -0.05) is 12.1 Å². The molecule has 2 rings (SSSR count). The van der Waals surface area contributed by atoms with Crippen LogP contribution in [0.5, 0.6) is 11.5 Å². The number of para-hydroxylation sites is 1. The first-order valence-corrected chi connectivity index (χ1v) is 6.95. The second kappa shape index (κ2) is 7.36. The standard InChI is InChI=1S/C17H20N2O3/c1-12(20)19-15-9-7-14(8-10-15)18-11-13-5-4-6-16(21-2)17(13)22-3/h4-10,18H,11H2,1-3H3,(H,19,20). The Morgan fingerprint density at radius 2 is 1.68 bits per heavy atom. The summed E-state index contributed by atoms with van der Waals surface area (Å²) in [4.78, 5) is 11.0. The maximum absolute atomic E-state index is 11.0. The fourth-order valence-corrected chi connectivity index (χ4v) is 2.16. The minimum absolute atomic E-state index is 0.0816. The number of hydrogen-bond donors (Lipinski definition) is 2. The summed E-state index contributed by atoms with van der Waals surface area (Å²) >= 11 is 0. The van der Waals surface area contributed by atoms with Crippen LogP contribution < -0.4 is 20.1 Å². The van der Waals surface area contributed by atoms with Crippen LogP contribution in [0.4, 0.5) is 11.4 Å². The number of nitrogens with one attached hydrogen (secondary N) is 2. The molecule has 2 N–H and O–H groups in total. The van der Waals surface area contributed by atoms with Crippen molar-refractivity contribution < 1.29 is 14.3 Å². The van der Waals surface area contributed by atoms with Crippen LogP contribution in [-0.4, -0.2) is 20.1 Å². The van der Waals surface area contributed by atoms with E-state index in [2.05, 4.69) is 10.6 Å². The molecule has 0 saturated heterocycles. The summed E-state index contributed by atoms with van der Waals surface area (Å²) in [5, 5.41) is 6.06. The molecule has 5 nitrogen and oxygen atoms in total. The maximum atomic E-state index is 11.0. The molecule has 116 valence electrons. The summed E-state index contributed by atoms with van der Waals surface area (Å²) < 4.78 is 10.7. The zero-order valence-corrected chi connectivity index (χ0v) is 13.0. The summed E-state index contributed by atoms with van der Waals surface area (Å²) in [6, 6.07) is 13.3. The van der Waals surface area contributed by atoms with Crippen LogP contribution in [-0.2, 0) is 11.3 Å². The molecule has 0 atom stereocenters. The van der Waals surface area contributed by atoms with Crippen molar-refractivity contribution in [2.45, 2.75) is 13.5 Å². The topological polar surface area (TPSA) is 59.6 Å². The highest BCUT2D eigenvalue weighted by molar-refractivity contribution is 5.88. The lowest BCUT2D eigenvalue weighted by molar-refractivity contribution is -0.114. The number of ether oxygens (including phenoxy) is 2. The number of carbonyl (C=O) groups is 1.